The number of carbonyl (C=O) groups is 1. The summed E-state index contributed by atoms with van der Waals surface area (Å²) in [5.74, 6) is -1.15. The van der Waals surface area contributed by atoms with Gasteiger partial charge in [0.2, 0.25) is 10.0 Å². The Morgan fingerprint density at radius 2 is 2.32 bits per heavy atom. The molecule has 1 aliphatic heterocycles. The molecule has 1 saturated heterocycles. The van der Waals surface area contributed by atoms with Crippen LogP contribution in [-0.2, 0) is 14.8 Å². The summed E-state index contributed by atoms with van der Waals surface area (Å²) in [5, 5.41) is 8.86. The van der Waals surface area contributed by atoms with E-state index in [9.17, 15) is 13.2 Å². The fraction of sp³-hybridized carbons (Fsp3) is 0.500. The van der Waals surface area contributed by atoms with Gasteiger partial charge in [0.05, 0.1) is 10.4 Å². The van der Waals surface area contributed by atoms with Crippen LogP contribution in [-0.4, -0.2) is 38.7 Å². The molecular weight excluding hydrogens is 358 g/mol. The quantitative estimate of drug-likeness (QED) is 0.841. The van der Waals surface area contributed by atoms with Gasteiger partial charge in [0.25, 0.3) is 0 Å². The van der Waals surface area contributed by atoms with E-state index in [4.69, 9.17) is 9.84 Å². The summed E-state index contributed by atoms with van der Waals surface area (Å²) in [4.78, 5) is 10.8. The summed E-state index contributed by atoms with van der Waals surface area (Å²) in [6.45, 7) is 0.982. The predicted octanol–water partition coefficient (Wildman–Crippen LogP) is 1.67. The van der Waals surface area contributed by atoms with Crippen molar-refractivity contribution in [2.45, 2.75) is 23.8 Å². The first-order valence-electron chi connectivity index (χ1n) is 5.53. The number of rotatable bonds is 4. The van der Waals surface area contributed by atoms with Crippen LogP contribution < -0.4 is 4.72 Å². The van der Waals surface area contributed by atoms with Gasteiger partial charge in [0.15, 0.2) is 0 Å². The zero-order valence-corrected chi connectivity index (χ0v) is 13.0. The molecule has 1 atom stereocenters. The fourth-order valence-electron chi connectivity index (χ4n) is 1.76. The highest BCUT2D eigenvalue weighted by atomic mass is 79.9. The largest absolute Gasteiger partial charge is 0.477 e. The van der Waals surface area contributed by atoms with Gasteiger partial charge in [0.1, 0.15) is 9.77 Å². The number of nitrogens with one attached hydrogen (secondary N) is 1. The summed E-state index contributed by atoms with van der Waals surface area (Å²) >= 11 is 3.97. The molecule has 1 aromatic heterocycles. The van der Waals surface area contributed by atoms with Gasteiger partial charge in [-0.25, -0.2) is 17.9 Å². The van der Waals surface area contributed by atoms with Gasteiger partial charge in [-0.05, 0) is 34.8 Å². The number of hydrogen-bond donors (Lipinski definition) is 2. The van der Waals surface area contributed by atoms with Crippen molar-refractivity contribution < 1.29 is 23.1 Å². The minimum Gasteiger partial charge on any atom is -0.477 e. The zero-order valence-electron chi connectivity index (χ0n) is 9.76. The van der Waals surface area contributed by atoms with Crippen molar-refractivity contribution in [2.75, 3.05) is 13.2 Å². The van der Waals surface area contributed by atoms with Crippen LogP contribution in [0.25, 0.3) is 0 Å². The second-order valence-corrected chi connectivity index (χ2v) is 8.14. The third-order valence-electron chi connectivity index (χ3n) is 2.64. The molecule has 1 fully saturated rings. The lowest BCUT2D eigenvalue weighted by molar-refractivity contribution is 0.0702. The van der Waals surface area contributed by atoms with Crippen LogP contribution in [0.4, 0.5) is 0 Å². The average molecular weight is 370 g/mol. The first-order valence-corrected chi connectivity index (χ1v) is 8.62. The summed E-state index contributed by atoms with van der Waals surface area (Å²) in [6, 6.07) is 0.891. The van der Waals surface area contributed by atoms with Crippen LogP contribution in [0.15, 0.2) is 14.7 Å². The van der Waals surface area contributed by atoms with Crippen molar-refractivity contribution in [1.82, 2.24) is 4.72 Å². The van der Waals surface area contributed by atoms with Gasteiger partial charge in [-0.2, -0.15) is 0 Å². The molecule has 0 amide bonds. The third kappa shape index (κ3) is 3.54. The van der Waals surface area contributed by atoms with Crippen molar-refractivity contribution in [2.24, 2.45) is 0 Å². The van der Waals surface area contributed by atoms with E-state index < -0.39 is 16.0 Å². The lowest BCUT2D eigenvalue weighted by Crippen LogP contribution is -2.40. The molecule has 0 aromatic carbocycles. The van der Waals surface area contributed by atoms with Crippen molar-refractivity contribution in [1.29, 1.82) is 0 Å². The number of aromatic carboxylic acids is 1. The average Bonchev–Trinajstić information content (AvgIpc) is 2.73. The number of halogens is 1. The number of hydrogen-bond acceptors (Lipinski definition) is 5. The maximum absolute atomic E-state index is 12.2. The van der Waals surface area contributed by atoms with E-state index in [-0.39, 0.29) is 19.6 Å². The molecule has 19 heavy (non-hydrogen) atoms. The normalized spacial score (nSPS) is 20.4. The van der Waals surface area contributed by atoms with Crippen molar-refractivity contribution in [3.63, 3.8) is 0 Å². The molecule has 0 spiro atoms. The van der Waals surface area contributed by atoms with Crippen molar-refractivity contribution in [3.8, 4) is 0 Å². The van der Waals surface area contributed by atoms with Crippen LogP contribution >= 0.6 is 27.3 Å². The maximum atomic E-state index is 12.2. The molecule has 9 heteroatoms. The van der Waals surface area contributed by atoms with E-state index in [1.165, 1.54) is 0 Å². The van der Waals surface area contributed by atoms with E-state index in [2.05, 4.69) is 20.7 Å². The van der Waals surface area contributed by atoms with Crippen LogP contribution in [0.2, 0.25) is 0 Å². The molecule has 2 N–H and O–H groups in total. The van der Waals surface area contributed by atoms with Gasteiger partial charge >= 0.3 is 5.97 Å². The van der Waals surface area contributed by atoms with E-state index in [0.717, 1.165) is 23.8 Å². The van der Waals surface area contributed by atoms with Crippen LogP contribution in [0.5, 0.6) is 0 Å². The maximum Gasteiger partial charge on any atom is 0.345 e. The Labute approximate surface area is 123 Å². The summed E-state index contributed by atoms with van der Waals surface area (Å²) in [7, 11) is -3.73. The highest BCUT2D eigenvalue weighted by Crippen LogP contribution is 2.32. The summed E-state index contributed by atoms with van der Waals surface area (Å²) in [5.41, 5.74) is 0. The highest BCUT2D eigenvalue weighted by molar-refractivity contribution is 9.11. The van der Waals surface area contributed by atoms with Gasteiger partial charge < -0.3 is 9.84 Å². The summed E-state index contributed by atoms with van der Waals surface area (Å²) < 4.78 is 32.4. The molecule has 2 rings (SSSR count). The number of carboxylic acids is 1. The molecule has 0 aliphatic carbocycles. The van der Waals surface area contributed by atoms with E-state index >= 15 is 0 Å². The molecule has 0 saturated carbocycles. The Kier molecular flexibility index (Phi) is 4.62. The van der Waals surface area contributed by atoms with Gasteiger partial charge in [-0.1, -0.05) is 0 Å². The van der Waals surface area contributed by atoms with E-state index in [1.54, 1.807) is 0 Å². The number of thiophene rings is 1. The lowest BCUT2D eigenvalue weighted by Gasteiger charge is -2.22. The van der Waals surface area contributed by atoms with Gasteiger partial charge in [-0.3, -0.25) is 0 Å². The Morgan fingerprint density at radius 3 is 2.84 bits per heavy atom. The molecule has 2 heterocycles. The molecule has 1 aliphatic rings. The highest BCUT2D eigenvalue weighted by Gasteiger charge is 2.26. The molecular formula is C10H12BrNO5S2. The van der Waals surface area contributed by atoms with E-state index in [0.29, 0.717) is 19.6 Å². The monoisotopic (exact) mass is 369 g/mol. The fourth-order valence-corrected chi connectivity index (χ4v) is 5.42. The molecule has 1 aromatic rings. The number of carboxylic acid groups (broad SMARTS) is 1. The predicted molar refractivity (Wildman–Crippen MR) is 73.1 cm³/mol. The van der Waals surface area contributed by atoms with Crippen molar-refractivity contribution >= 4 is 43.3 Å². The first kappa shape index (κ1) is 14.9. The van der Waals surface area contributed by atoms with Crippen molar-refractivity contribution in [3.05, 3.63) is 14.7 Å². The molecule has 0 radical (unpaired) electrons. The Bertz CT molecular complexity index is 577. The molecule has 1 unspecified atom stereocenters. The molecule has 106 valence electrons. The third-order valence-corrected chi connectivity index (χ3v) is 6.40. The van der Waals surface area contributed by atoms with Crippen LogP contribution in [0.1, 0.15) is 22.5 Å². The second-order valence-electron chi connectivity index (χ2n) is 4.09. The first-order chi connectivity index (χ1) is 8.90. The van der Waals surface area contributed by atoms with Crippen LogP contribution in [0.3, 0.4) is 0 Å². The molecule has 6 nitrogen and oxygen atoms in total. The zero-order chi connectivity index (χ0) is 14.0. The SMILES string of the molecule is O=C(O)c1cc(S(=O)(=O)NC2CCCOC2)c(Br)s1. The minimum atomic E-state index is -3.73. The summed E-state index contributed by atoms with van der Waals surface area (Å²) in [6.07, 6.45) is 1.52. The second kappa shape index (κ2) is 5.88. The Morgan fingerprint density at radius 1 is 1.58 bits per heavy atom. The van der Waals surface area contributed by atoms with Crippen LogP contribution in [0, 0.1) is 0 Å². The lowest BCUT2D eigenvalue weighted by atomic mass is 10.1. The Balaban J connectivity index is 2.21. The van der Waals surface area contributed by atoms with E-state index in [1.807, 2.05) is 0 Å². The number of sulfonamides is 1. The smallest absolute Gasteiger partial charge is 0.345 e. The molecule has 0 bridgehead atoms. The van der Waals surface area contributed by atoms with Gasteiger partial charge in [-0.15, -0.1) is 11.3 Å². The Hall–Kier alpha value is -0.480. The minimum absolute atomic E-state index is 0.0212. The number of ether oxygens (including phenoxy) is 1. The standard InChI is InChI=1S/C10H12BrNO5S2/c11-9-8(4-7(18-9)10(13)14)19(15,16)12-6-2-1-3-17-5-6/h4,6,12H,1-3,5H2,(H,13,14). The topological polar surface area (TPSA) is 92.7 Å². The van der Waals surface area contributed by atoms with Gasteiger partial charge in [0, 0.05) is 12.6 Å².